The highest BCUT2D eigenvalue weighted by Gasteiger charge is 2.10. The van der Waals surface area contributed by atoms with Crippen LogP contribution in [0.4, 0.5) is 0 Å². The van der Waals surface area contributed by atoms with Crippen molar-refractivity contribution in [3.8, 4) is 0 Å². The lowest BCUT2D eigenvalue weighted by Gasteiger charge is -2.04. The largest absolute Gasteiger partial charge is 0.419 e. The number of oxazole rings is 1. The fraction of sp³-hybridized carbons (Fsp3) is 0.333. The quantitative estimate of drug-likeness (QED) is 0.752. The van der Waals surface area contributed by atoms with Crippen molar-refractivity contribution < 1.29 is 9.21 Å². The molecule has 6 nitrogen and oxygen atoms in total. The number of fused-ring (bicyclic) bond motifs is 1. The van der Waals surface area contributed by atoms with E-state index >= 15 is 0 Å². The lowest BCUT2D eigenvalue weighted by Crippen LogP contribution is -2.30. The number of hydrogen-bond donors (Lipinski definition) is 2. The molecule has 1 amide bonds. The Balaban J connectivity index is 2.24. The van der Waals surface area contributed by atoms with E-state index in [1.807, 2.05) is 7.05 Å². The van der Waals surface area contributed by atoms with E-state index in [4.69, 9.17) is 4.42 Å². The van der Waals surface area contributed by atoms with Gasteiger partial charge in [0.05, 0.1) is 5.52 Å². The zero-order valence-corrected chi connectivity index (χ0v) is 10.3. The standard InChI is InChI=1S/C12H15N3O3/c1-13-5-6-14-11(16)8-3-4-9-10(7-8)18-12(17)15(9)2/h3-4,7,13H,5-6H2,1-2H3,(H,14,16). The lowest BCUT2D eigenvalue weighted by atomic mass is 10.2. The zero-order valence-electron chi connectivity index (χ0n) is 10.3. The molecule has 2 aromatic rings. The highest BCUT2D eigenvalue weighted by molar-refractivity contribution is 5.97. The molecular weight excluding hydrogens is 234 g/mol. The van der Waals surface area contributed by atoms with Gasteiger partial charge in [-0.15, -0.1) is 0 Å². The Morgan fingerprint density at radius 1 is 1.39 bits per heavy atom. The molecule has 2 rings (SSSR count). The monoisotopic (exact) mass is 249 g/mol. The minimum absolute atomic E-state index is 0.182. The first kappa shape index (κ1) is 12.4. The minimum atomic E-state index is -0.433. The zero-order chi connectivity index (χ0) is 13.1. The number of carbonyl (C=O) groups excluding carboxylic acids is 1. The molecule has 0 bridgehead atoms. The number of rotatable bonds is 4. The number of aryl methyl sites for hydroxylation is 1. The molecule has 0 atom stereocenters. The second-order valence-electron chi connectivity index (χ2n) is 3.97. The van der Waals surface area contributed by atoms with Gasteiger partial charge in [-0.1, -0.05) is 0 Å². The van der Waals surface area contributed by atoms with Crippen LogP contribution >= 0.6 is 0 Å². The number of amides is 1. The number of likely N-dealkylation sites (N-methyl/N-ethyl adjacent to an activating group) is 1. The van der Waals surface area contributed by atoms with Gasteiger partial charge < -0.3 is 15.1 Å². The molecule has 0 unspecified atom stereocenters. The predicted octanol–water partition coefficient (Wildman–Crippen LogP) is 0.0807. The SMILES string of the molecule is CNCCNC(=O)c1ccc2c(c1)oc(=O)n2C. The van der Waals surface area contributed by atoms with Gasteiger partial charge in [-0.25, -0.2) is 4.79 Å². The van der Waals surface area contributed by atoms with Crippen molar-refractivity contribution in [1.29, 1.82) is 0 Å². The van der Waals surface area contributed by atoms with Crippen molar-refractivity contribution >= 4 is 17.0 Å². The summed E-state index contributed by atoms with van der Waals surface area (Å²) in [5.41, 5.74) is 1.57. The molecule has 6 heteroatoms. The van der Waals surface area contributed by atoms with E-state index in [0.29, 0.717) is 29.8 Å². The van der Waals surface area contributed by atoms with Gasteiger partial charge in [-0.05, 0) is 25.2 Å². The van der Waals surface area contributed by atoms with Crippen LogP contribution in [0.15, 0.2) is 27.4 Å². The molecule has 0 fully saturated rings. The molecule has 0 spiro atoms. The second kappa shape index (κ2) is 5.05. The average molecular weight is 249 g/mol. The third-order valence-electron chi connectivity index (χ3n) is 2.72. The Kier molecular flexibility index (Phi) is 3.47. The number of carbonyl (C=O) groups is 1. The summed E-state index contributed by atoms with van der Waals surface area (Å²) in [6.45, 7) is 1.25. The molecule has 96 valence electrons. The number of nitrogens with zero attached hydrogens (tertiary/aromatic N) is 1. The molecule has 0 aliphatic rings. The van der Waals surface area contributed by atoms with E-state index in [1.54, 1.807) is 25.2 Å². The Bertz CT molecular complexity index is 627. The fourth-order valence-corrected chi connectivity index (χ4v) is 1.68. The maximum absolute atomic E-state index is 11.8. The Labute approximate surface area is 104 Å². The van der Waals surface area contributed by atoms with Gasteiger partial charge in [0.15, 0.2) is 5.58 Å². The summed E-state index contributed by atoms with van der Waals surface area (Å²) in [6, 6.07) is 4.95. The number of hydrogen-bond acceptors (Lipinski definition) is 4. The molecule has 1 heterocycles. The van der Waals surface area contributed by atoms with E-state index in [0.717, 1.165) is 0 Å². The smallest absolute Gasteiger partial charge is 0.408 e. The van der Waals surface area contributed by atoms with Crippen LogP contribution in [0.3, 0.4) is 0 Å². The molecule has 0 aliphatic carbocycles. The predicted molar refractivity (Wildman–Crippen MR) is 67.7 cm³/mol. The molecule has 0 aliphatic heterocycles. The number of nitrogens with one attached hydrogen (secondary N) is 2. The summed E-state index contributed by atoms with van der Waals surface area (Å²) in [4.78, 5) is 23.1. The first-order chi connectivity index (χ1) is 8.63. The molecule has 0 radical (unpaired) electrons. The van der Waals surface area contributed by atoms with Gasteiger partial charge in [0.1, 0.15) is 0 Å². The Hall–Kier alpha value is -2.08. The van der Waals surface area contributed by atoms with Gasteiger partial charge in [-0.2, -0.15) is 0 Å². The van der Waals surface area contributed by atoms with Gasteiger partial charge in [0, 0.05) is 25.7 Å². The molecule has 0 saturated heterocycles. The topological polar surface area (TPSA) is 76.3 Å². The van der Waals surface area contributed by atoms with Gasteiger partial charge >= 0.3 is 5.76 Å². The van der Waals surface area contributed by atoms with Crippen LogP contribution < -0.4 is 16.4 Å². The van der Waals surface area contributed by atoms with Gasteiger partial charge in [-0.3, -0.25) is 9.36 Å². The molecule has 18 heavy (non-hydrogen) atoms. The summed E-state index contributed by atoms with van der Waals surface area (Å²) in [7, 11) is 3.44. The van der Waals surface area contributed by atoms with Crippen molar-refractivity contribution in [3.63, 3.8) is 0 Å². The Morgan fingerprint density at radius 2 is 2.17 bits per heavy atom. The molecule has 0 saturated carbocycles. The van der Waals surface area contributed by atoms with Gasteiger partial charge in [0.25, 0.3) is 5.91 Å². The van der Waals surface area contributed by atoms with Crippen molar-refractivity contribution in [2.75, 3.05) is 20.1 Å². The maximum atomic E-state index is 11.8. The molecule has 2 N–H and O–H groups in total. The van der Waals surface area contributed by atoms with E-state index in [2.05, 4.69) is 10.6 Å². The Morgan fingerprint density at radius 3 is 2.89 bits per heavy atom. The molecular formula is C12H15N3O3. The second-order valence-corrected chi connectivity index (χ2v) is 3.97. The highest BCUT2D eigenvalue weighted by Crippen LogP contribution is 2.14. The van der Waals surface area contributed by atoms with Crippen LogP contribution in [0.5, 0.6) is 0 Å². The van der Waals surface area contributed by atoms with Crippen LogP contribution in [0.2, 0.25) is 0 Å². The summed E-state index contributed by atoms with van der Waals surface area (Å²) in [5, 5.41) is 5.70. The summed E-state index contributed by atoms with van der Waals surface area (Å²) in [6.07, 6.45) is 0. The van der Waals surface area contributed by atoms with E-state index in [-0.39, 0.29) is 5.91 Å². The molecule has 1 aromatic carbocycles. The first-order valence-electron chi connectivity index (χ1n) is 5.66. The van der Waals surface area contributed by atoms with Crippen LogP contribution in [0.1, 0.15) is 10.4 Å². The third kappa shape index (κ3) is 2.28. The van der Waals surface area contributed by atoms with E-state index in [1.165, 1.54) is 4.57 Å². The number of aromatic nitrogens is 1. The van der Waals surface area contributed by atoms with Crippen molar-refractivity contribution in [2.45, 2.75) is 0 Å². The van der Waals surface area contributed by atoms with Gasteiger partial charge in [0.2, 0.25) is 0 Å². The summed E-state index contributed by atoms with van der Waals surface area (Å²) < 4.78 is 6.43. The van der Waals surface area contributed by atoms with Crippen LogP contribution in [0.25, 0.3) is 11.1 Å². The first-order valence-corrected chi connectivity index (χ1v) is 5.66. The lowest BCUT2D eigenvalue weighted by molar-refractivity contribution is 0.0954. The molecule has 1 aromatic heterocycles. The van der Waals surface area contributed by atoms with Crippen LogP contribution in [0, 0.1) is 0 Å². The normalized spacial score (nSPS) is 10.8. The number of benzene rings is 1. The highest BCUT2D eigenvalue weighted by atomic mass is 16.4. The van der Waals surface area contributed by atoms with E-state index < -0.39 is 5.76 Å². The summed E-state index contributed by atoms with van der Waals surface area (Å²) in [5.74, 6) is -0.614. The fourth-order valence-electron chi connectivity index (χ4n) is 1.68. The van der Waals surface area contributed by atoms with Crippen molar-refractivity contribution in [2.24, 2.45) is 7.05 Å². The summed E-state index contributed by atoms with van der Waals surface area (Å²) >= 11 is 0. The van der Waals surface area contributed by atoms with Crippen LogP contribution in [-0.4, -0.2) is 30.6 Å². The maximum Gasteiger partial charge on any atom is 0.419 e. The van der Waals surface area contributed by atoms with Crippen LogP contribution in [-0.2, 0) is 7.05 Å². The average Bonchev–Trinajstić information content (AvgIpc) is 2.65. The third-order valence-corrected chi connectivity index (χ3v) is 2.72. The van der Waals surface area contributed by atoms with E-state index in [9.17, 15) is 9.59 Å². The minimum Gasteiger partial charge on any atom is -0.408 e. The van der Waals surface area contributed by atoms with Crippen molar-refractivity contribution in [1.82, 2.24) is 15.2 Å². The van der Waals surface area contributed by atoms with Crippen molar-refractivity contribution in [3.05, 3.63) is 34.3 Å².